The van der Waals surface area contributed by atoms with Gasteiger partial charge in [-0.25, -0.2) is 4.98 Å². The van der Waals surface area contributed by atoms with Gasteiger partial charge in [-0.3, -0.25) is 0 Å². The maximum absolute atomic E-state index is 5.64. The van der Waals surface area contributed by atoms with Crippen LogP contribution in [0.5, 0.6) is 0 Å². The summed E-state index contributed by atoms with van der Waals surface area (Å²) in [4.78, 5) is 4.65. The highest BCUT2D eigenvalue weighted by molar-refractivity contribution is 5.41. The number of rotatable bonds is 3. The van der Waals surface area contributed by atoms with Crippen LogP contribution in [0.2, 0.25) is 0 Å². The number of aromatic nitrogens is 2. The van der Waals surface area contributed by atoms with Crippen LogP contribution in [0.3, 0.4) is 0 Å². The molecule has 4 heteroatoms. The fourth-order valence-electron chi connectivity index (χ4n) is 2.49. The van der Waals surface area contributed by atoms with Gasteiger partial charge in [-0.05, 0) is 43.5 Å². The summed E-state index contributed by atoms with van der Waals surface area (Å²) in [6, 6.07) is 4.09. The number of pyridine rings is 1. The summed E-state index contributed by atoms with van der Waals surface area (Å²) in [7, 11) is 0. The number of hydrogen-bond donors (Lipinski definition) is 2. The average molecular weight is 230 g/mol. The first-order chi connectivity index (χ1) is 8.35. The van der Waals surface area contributed by atoms with E-state index in [0.29, 0.717) is 6.54 Å². The van der Waals surface area contributed by atoms with E-state index in [0.717, 1.165) is 36.6 Å². The van der Waals surface area contributed by atoms with Crippen LogP contribution in [0, 0.1) is 5.92 Å². The average Bonchev–Trinajstić information content (AvgIpc) is 2.96. The van der Waals surface area contributed by atoms with Crippen molar-refractivity contribution in [3.05, 3.63) is 35.8 Å². The molecule has 2 aromatic rings. The predicted molar refractivity (Wildman–Crippen MR) is 67.8 cm³/mol. The minimum absolute atomic E-state index is 0.579. The normalized spacial score (nSPS) is 20.2. The molecular weight excluding hydrogens is 212 g/mol. The van der Waals surface area contributed by atoms with Gasteiger partial charge in [-0.1, -0.05) is 6.07 Å². The Morgan fingerprint density at radius 1 is 1.41 bits per heavy atom. The molecule has 17 heavy (non-hydrogen) atoms. The van der Waals surface area contributed by atoms with Crippen LogP contribution in [0.1, 0.15) is 17.7 Å². The fourth-order valence-corrected chi connectivity index (χ4v) is 2.49. The lowest BCUT2D eigenvalue weighted by molar-refractivity contribution is 0.573. The number of hydrogen-bond acceptors (Lipinski definition) is 3. The topological polar surface area (TPSA) is 55.3 Å². The summed E-state index contributed by atoms with van der Waals surface area (Å²) in [6.45, 7) is 2.85. The van der Waals surface area contributed by atoms with Crippen molar-refractivity contribution in [3.8, 4) is 0 Å². The van der Waals surface area contributed by atoms with Crippen LogP contribution < -0.4 is 11.1 Å². The zero-order chi connectivity index (χ0) is 11.7. The van der Waals surface area contributed by atoms with Gasteiger partial charge in [0.25, 0.3) is 0 Å². The van der Waals surface area contributed by atoms with E-state index < -0.39 is 0 Å². The molecule has 0 radical (unpaired) electrons. The molecule has 1 atom stereocenters. The van der Waals surface area contributed by atoms with Crippen LogP contribution >= 0.6 is 0 Å². The Labute approximate surface area is 101 Å². The molecule has 1 fully saturated rings. The molecule has 4 nitrogen and oxygen atoms in total. The monoisotopic (exact) mass is 230 g/mol. The molecule has 0 amide bonds. The van der Waals surface area contributed by atoms with E-state index in [2.05, 4.69) is 27.1 Å². The van der Waals surface area contributed by atoms with Crippen molar-refractivity contribution in [1.29, 1.82) is 0 Å². The third kappa shape index (κ3) is 2.18. The van der Waals surface area contributed by atoms with Gasteiger partial charge in [0.05, 0.1) is 5.69 Å². The Balaban J connectivity index is 1.85. The van der Waals surface area contributed by atoms with E-state index in [4.69, 9.17) is 5.73 Å². The second-order valence-electron chi connectivity index (χ2n) is 4.80. The first kappa shape index (κ1) is 10.7. The smallest absolute Gasteiger partial charge is 0.136 e. The van der Waals surface area contributed by atoms with E-state index in [1.165, 1.54) is 12.1 Å². The van der Waals surface area contributed by atoms with Crippen molar-refractivity contribution in [1.82, 2.24) is 14.7 Å². The Bertz CT molecular complexity index is 511. The molecule has 0 spiro atoms. The van der Waals surface area contributed by atoms with Gasteiger partial charge in [0.2, 0.25) is 0 Å². The third-order valence-electron chi connectivity index (χ3n) is 3.46. The quantitative estimate of drug-likeness (QED) is 0.825. The van der Waals surface area contributed by atoms with Gasteiger partial charge in [0, 0.05) is 18.9 Å². The highest BCUT2D eigenvalue weighted by Gasteiger charge is 2.16. The van der Waals surface area contributed by atoms with Crippen LogP contribution in [0.15, 0.2) is 24.5 Å². The molecule has 1 saturated heterocycles. The van der Waals surface area contributed by atoms with Crippen molar-refractivity contribution in [2.45, 2.75) is 19.4 Å². The number of imidazole rings is 1. The van der Waals surface area contributed by atoms with Crippen molar-refractivity contribution < 1.29 is 0 Å². The summed E-state index contributed by atoms with van der Waals surface area (Å²) in [5.41, 5.74) is 8.98. The highest BCUT2D eigenvalue weighted by atomic mass is 15.0. The summed E-state index contributed by atoms with van der Waals surface area (Å²) in [6.07, 6.45) is 6.54. The molecule has 3 N–H and O–H groups in total. The maximum Gasteiger partial charge on any atom is 0.136 e. The second kappa shape index (κ2) is 4.47. The minimum atomic E-state index is 0.579. The Kier molecular flexibility index (Phi) is 2.82. The van der Waals surface area contributed by atoms with Crippen molar-refractivity contribution >= 4 is 5.65 Å². The lowest BCUT2D eigenvalue weighted by atomic mass is 10.0. The molecule has 0 aliphatic carbocycles. The van der Waals surface area contributed by atoms with Gasteiger partial charge in [0.1, 0.15) is 5.65 Å². The molecule has 0 aromatic carbocycles. The Morgan fingerprint density at radius 2 is 2.35 bits per heavy atom. The van der Waals surface area contributed by atoms with E-state index in [1.54, 1.807) is 0 Å². The lowest BCUT2D eigenvalue weighted by Gasteiger charge is -2.03. The standard InChI is InChI=1S/C13H18N4/c14-6-11-1-2-13-16-12(9-17(13)8-11)5-10-3-4-15-7-10/h1-2,8-10,15H,3-7,14H2. The van der Waals surface area contributed by atoms with E-state index in [1.807, 2.05) is 12.1 Å². The fraction of sp³-hybridized carbons (Fsp3) is 0.462. The van der Waals surface area contributed by atoms with E-state index in [9.17, 15) is 0 Å². The third-order valence-corrected chi connectivity index (χ3v) is 3.46. The highest BCUT2D eigenvalue weighted by Crippen LogP contribution is 2.15. The van der Waals surface area contributed by atoms with Gasteiger partial charge in [0.15, 0.2) is 0 Å². The predicted octanol–water partition coefficient (Wildman–Crippen LogP) is 0.945. The summed E-state index contributed by atoms with van der Waals surface area (Å²) in [5, 5.41) is 3.39. The number of nitrogens with two attached hydrogens (primary N) is 1. The van der Waals surface area contributed by atoms with Crippen LogP contribution in [0.4, 0.5) is 0 Å². The maximum atomic E-state index is 5.64. The lowest BCUT2D eigenvalue weighted by Crippen LogP contribution is -2.10. The van der Waals surface area contributed by atoms with Crippen LogP contribution in [-0.4, -0.2) is 22.5 Å². The van der Waals surface area contributed by atoms with Gasteiger partial charge < -0.3 is 15.5 Å². The zero-order valence-electron chi connectivity index (χ0n) is 9.89. The Hall–Kier alpha value is -1.39. The minimum Gasteiger partial charge on any atom is -0.326 e. The van der Waals surface area contributed by atoms with Gasteiger partial charge >= 0.3 is 0 Å². The number of nitrogens with one attached hydrogen (secondary N) is 1. The van der Waals surface area contributed by atoms with E-state index >= 15 is 0 Å². The molecule has 0 bridgehead atoms. The van der Waals surface area contributed by atoms with Gasteiger partial charge in [-0.15, -0.1) is 0 Å². The zero-order valence-corrected chi connectivity index (χ0v) is 9.89. The molecule has 1 aliphatic heterocycles. The van der Waals surface area contributed by atoms with Crippen molar-refractivity contribution in [2.24, 2.45) is 11.7 Å². The summed E-state index contributed by atoms with van der Waals surface area (Å²) < 4.78 is 2.08. The van der Waals surface area contributed by atoms with Crippen LogP contribution in [-0.2, 0) is 13.0 Å². The first-order valence-corrected chi connectivity index (χ1v) is 6.22. The summed E-state index contributed by atoms with van der Waals surface area (Å²) in [5.74, 6) is 0.744. The van der Waals surface area contributed by atoms with Crippen LogP contribution in [0.25, 0.3) is 5.65 Å². The molecule has 1 aliphatic rings. The summed E-state index contributed by atoms with van der Waals surface area (Å²) >= 11 is 0. The number of nitrogens with zero attached hydrogens (tertiary/aromatic N) is 2. The molecule has 0 saturated carbocycles. The molecular formula is C13H18N4. The molecule has 2 aromatic heterocycles. The SMILES string of the molecule is NCc1ccc2nc(CC3CCNC3)cn2c1. The number of fused-ring (bicyclic) bond motifs is 1. The van der Waals surface area contributed by atoms with Crippen molar-refractivity contribution in [3.63, 3.8) is 0 Å². The molecule has 3 rings (SSSR count). The first-order valence-electron chi connectivity index (χ1n) is 6.22. The van der Waals surface area contributed by atoms with Crippen molar-refractivity contribution in [2.75, 3.05) is 13.1 Å². The van der Waals surface area contributed by atoms with E-state index in [-0.39, 0.29) is 0 Å². The second-order valence-corrected chi connectivity index (χ2v) is 4.80. The molecule has 1 unspecified atom stereocenters. The van der Waals surface area contributed by atoms with Gasteiger partial charge in [-0.2, -0.15) is 0 Å². The molecule has 3 heterocycles. The Morgan fingerprint density at radius 3 is 3.12 bits per heavy atom. The molecule has 90 valence electrons. The largest absolute Gasteiger partial charge is 0.326 e.